The van der Waals surface area contributed by atoms with E-state index in [1.807, 2.05) is 24.3 Å². The first kappa shape index (κ1) is 15.6. The molecular formula is C19H19N3S. The highest BCUT2D eigenvalue weighted by atomic mass is 32.2. The summed E-state index contributed by atoms with van der Waals surface area (Å²) in [7, 11) is 0. The molecule has 0 bridgehead atoms. The van der Waals surface area contributed by atoms with Gasteiger partial charge in [-0.1, -0.05) is 54.2 Å². The zero-order valence-corrected chi connectivity index (χ0v) is 13.9. The van der Waals surface area contributed by atoms with Crippen molar-refractivity contribution in [3.8, 4) is 6.07 Å². The van der Waals surface area contributed by atoms with Crippen molar-refractivity contribution in [2.24, 2.45) is 10.7 Å². The Labute approximate surface area is 141 Å². The highest BCUT2D eigenvalue weighted by Crippen LogP contribution is 2.35. The molecule has 1 aliphatic rings. The molecule has 3 nitrogen and oxygen atoms in total. The summed E-state index contributed by atoms with van der Waals surface area (Å²) in [6.45, 7) is 2.14. The lowest BCUT2D eigenvalue weighted by atomic mass is 9.87. The summed E-state index contributed by atoms with van der Waals surface area (Å²) in [6.07, 6.45) is 1.73. The van der Waals surface area contributed by atoms with Crippen LogP contribution in [0.3, 0.4) is 0 Å². The molecule has 2 aromatic carbocycles. The van der Waals surface area contributed by atoms with Crippen LogP contribution in [0.1, 0.15) is 35.6 Å². The van der Waals surface area contributed by atoms with E-state index < -0.39 is 0 Å². The summed E-state index contributed by atoms with van der Waals surface area (Å²) < 4.78 is 0. The fraction of sp³-hybridized carbons (Fsp3) is 0.263. The van der Waals surface area contributed by atoms with Crippen molar-refractivity contribution in [1.82, 2.24) is 0 Å². The van der Waals surface area contributed by atoms with Crippen molar-refractivity contribution < 1.29 is 0 Å². The lowest BCUT2D eigenvalue weighted by Crippen LogP contribution is -2.28. The first-order valence-corrected chi connectivity index (χ1v) is 8.65. The Bertz CT molecular complexity index is 791. The molecule has 116 valence electrons. The van der Waals surface area contributed by atoms with Gasteiger partial charge in [-0.2, -0.15) is 5.26 Å². The van der Waals surface area contributed by atoms with Crippen LogP contribution in [0.15, 0.2) is 53.5 Å². The lowest BCUT2D eigenvalue weighted by Gasteiger charge is -2.30. The summed E-state index contributed by atoms with van der Waals surface area (Å²) in [6, 6.07) is 18.5. The second-order valence-electron chi connectivity index (χ2n) is 5.97. The number of amidine groups is 1. The fourth-order valence-corrected chi connectivity index (χ4v) is 3.89. The Kier molecular flexibility index (Phi) is 4.40. The van der Waals surface area contributed by atoms with E-state index in [-0.39, 0.29) is 5.54 Å². The maximum atomic E-state index is 9.24. The number of hydrogen-bond acceptors (Lipinski definition) is 4. The predicted octanol–water partition coefficient (Wildman–Crippen LogP) is 3.82. The molecule has 0 saturated carbocycles. The maximum absolute atomic E-state index is 9.24. The number of nitrogens with two attached hydrogens (primary N) is 1. The van der Waals surface area contributed by atoms with E-state index in [2.05, 4.69) is 42.3 Å². The van der Waals surface area contributed by atoms with E-state index in [4.69, 9.17) is 5.73 Å². The van der Waals surface area contributed by atoms with Crippen LogP contribution in [0.2, 0.25) is 0 Å². The molecule has 0 aliphatic carbocycles. The van der Waals surface area contributed by atoms with Crippen LogP contribution in [0.25, 0.3) is 0 Å². The zero-order chi connectivity index (χ0) is 16.3. The number of nitriles is 1. The van der Waals surface area contributed by atoms with Crippen LogP contribution in [0.4, 0.5) is 0 Å². The van der Waals surface area contributed by atoms with Gasteiger partial charge in [-0.05, 0) is 42.5 Å². The van der Waals surface area contributed by atoms with Gasteiger partial charge in [0.25, 0.3) is 0 Å². The maximum Gasteiger partial charge on any atom is 0.154 e. The number of rotatable bonds is 3. The molecule has 1 heterocycles. The molecule has 2 aromatic rings. The normalized spacial score (nSPS) is 20.6. The molecule has 23 heavy (non-hydrogen) atoms. The third-order valence-corrected chi connectivity index (χ3v) is 5.07. The van der Waals surface area contributed by atoms with Crippen molar-refractivity contribution in [3.05, 3.63) is 70.8 Å². The Hall–Kier alpha value is -2.25. The SMILES string of the molecule is C[C@@]1(c2cccc(Cc3ccccc3C#N)c2)CCSC(N)=N1. The third kappa shape index (κ3) is 3.40. The smallest absolute Gasteiger partial charge is 0.154 e. The fourth-order valence-electron chi connectivity index (χ4n) is 2.91. The van der Waals surface area contributed by atoms with Crippen LogP contribution in [0, 0.1) is 11.3 Å². The molecule has 0 saturated heterocycles. The summed E-state index contributed by atoms with van der Waals surface area (Å²) in [5.74, 6) is 0.993. The number of aliphatic imine (C=N–C) groups is 1. The van der Waals surface area contributed by atoms with Gasteiger partial charge in [-0.3, -0.25) is 4.99 Å². The first-order valence-electron chi connectivity index (χ1n) is 7.66. The minimum Gasteiger partial charge on any atom is -0.379 e. The van der Waals surface area contributed by atoms with Crippen molar-refractivity contribution in [1.29, 1.82) is 5.26 Å². The number of benzene rings is 2. The standard InChI is InChI=1S/C19H19N3S/c1-19(9-10-23-18(21)22-19)17-8-4-5-14(12-17)11-15-6-2-3-7-16(15)13-20/h2-8,12H,9-11H2,1H3,(H2,21,22)/t19-/m0/s1. The van der Waals surface area contributed by atoms with E-state index in [0.717, 1.165) is 29.7 Å². The Balaban J connectivity index is 1.92. The molecule has 1 atom stereocenters. The van der Waals surface area contributed by atoms with Gasteiger partial charge in [0.2, 0.25) is 0 Å². The average Bonchev–Trinajstić information content (AvgIpc) is 2.55. The van der Waals surface area contributed by atoms with Gasteiger partial charge in [-0.25, -0.2) is 0 Å². The average molecular weight is 321 g/mol. The molecule has 3 rings (SSSR count). The molecule has 4 heteroatoms. The predicted molar refractivity (Wildman–Crippen MR) is 96.5 cm³/mol. The second kappa shape index (κ2) is 6.47. The van der Waals surface area contributed by atoms with Crippen LogP contribution in [-0.2, 0) is 12.0 Å². The van der Waals surface area contributed by atoms with Gasteiger partial charge in [-0.15, -0.1) is 0 Å². The highest BCUT2D eigenvalue weighted by molar-refractivity contribution is 8.13. The topological polar surface area (TPSA) is 62.2 Å². The van der Waals surface area contributed by atoms with Gasteiger partial charge < -0.3 is 5.73 Å². The minimum absolute atomic E-state index is 0.250. The van der Waals surface area contributed by atoms with E-state index in [9.17, 15) is 5.26 Å². The molecule has 1 aliphatic heterocycles. The van der Waals surface area contributed by atoms with Crippen LogP contribution in [-0.4, -0.2) is 10.9 Å². The number of nitrogens with zero attached hydrogens (tertiary/aromatic N) is 2. The summed E-state index contributed by atoms with van der Waals surface area (Å²) in [5, 5.41) is 9.91. The van der Waals surface area contributed by atoms with Crippen LogP contribution in [0.5, 0.6) is 0 Å². The first-order chi connectivity index (χ1) is 11.1. The van der Waals surface area contributed by atoms with Crippen molar-refractivity contribution in [2.75, 3.05) is 5.75 Å². The number of thioether (sulfide) groups is 1. The summed E-state index contributed by atoms with van der Waals surface area (Å²) >= 11 is 1.62. The van der Waals surface area contributed by atoms with Crippen molar-refractivity contribution in [2.45, 2.75) is 25.3 Å². The molecule has 0 radical (unpaired) electrons. The largest absolute Gasteiger partial charge is 0.379 e. The van der Waals surface area contributed by atoms with Gasteiger partial charge in [0.1, 0.15) is 0 Å². The van der Waals surface area contributed by atoms with E-state index in [1.54, 1.807) is 11.8 Å². The molecule has 0 amide bonds. The van der Waals surface area contributed by atoms with Gasteiger partial charge in [0, 0.05) is 5.75 Å². The Morgan fingerprint density at radius 1 is 1.26 bits per heavy atom. The minimum atomic E-state index is -0.250. The Morgan fingerprint density at radius 3 is 2.87 bits per heavy atom. The molecule has 2 N–H and O–H groups in total. The highest BCUT2D eigenvalue weighted by Gasteiger charge is 2.29. The van der Waals surface area contributed by atoms with Crippen molar-refractivity contribution >= 4 is 16.9 Å². The van der Waals surface area contributed by atoms with Crippen molar-refractivity contribution in [3.63, 3.8) is 0 Å². The monoisotopic (exact) mass is 321 g/mol. The lowest BCUT2D eigenvalue weighted by molar-refractivity contribution is 0.481. The number of hydrogen-bond donors (Lipinski definition) is 1. The van der Waals surface area contributed by atoms with Gasteiger partial charge in [0.05, 0.1) is 17.2 Å². The van der Waals surface area contributed by atoms with E-state index in [1.165, 1.54) is 11.1 Å². The molecule has 0 aromatic heterocycles. The third-order valence-electron chi connectivity index (χ3n) is 4.28. The van der Waals surface area contributed by atoms with Gasteiger partial charge in [0.15, 0.2) is 5.17 Å². The summed E-state index contributed by atoms with van der Waals surface area (Å²) in [5.41, 5.74) is 9.85. The zero-order valence-electron chi connectivity index (χ0n) is 13.1. The molecule has 0 unspecified atom stereocenters. The van der Waals surface area contributed by atoms with E-state index >= 15 is 0 Å². The van der Waals surface area contributed by atoms with Gasteiger partial charge >= 0.3 is 0 Å². The quantitative estimate of drug-likeness (QED) is 0.935. The molecule has 0 spiro atoms. The molecular weight excluding hydrogens is 302 g/mol. The molecule has 0 fully saturated rings. The van der Waals surface area contributed by atoms with Crippen LogP contribution < -0.4 is 5.73 Å². The summed E-state index contributed by atoms with van der Waals surface area (Å²) in [4.78, 5) is 4.67. The van der Waals surface area contributed by atoms with E-state index in [0.29, 0.717) is 5.17 Å². The Morgan fingerprint density at radius 2 is 2.09 bits per heavy atom. The van der Waals surface area contributed by atoms with Crippen LogP contribution >= 0.6 is 11.8 Å². The second-order valence-corrected chi connectivity index (χ2v) is 7.08.